The Morgan fingerprint density at radius 1 is 1.33 bits per heavy atom. The number of hydrogen-bond donors (Lipinski definition) is 0. The highest BCUT2D eigenvalue weighted by atomic mass is 16.2. The summed E-state index contributed by atoms with van der Waals surface area (Å²) in [6.45, 7) is 2.09. The maximum Gasteiger partial charge on any atom is 0.243 e. The second-order valence-electron chi connectivity index (χ2n) is 5.85. The van der Waals surface area contributed by atoms with Crippen LogP contribution >= 0.6 is 0 Å². The molecule has 0 radical (unpaired) electrons. The van der Waals surface area contributed by atoms with Gasteiger partial charge in [0.1, 0.15) is 5.41 Å². The molecular formula is C14H23N3O. The van der Waals surface area contributed by atoms with Gasteiger partial charge < -0.3 is 9.80 Å². The van der Waals surface area contributed by atoms with Gasteiger partial charge >= 0.3 is 0 Å². The number of piperidine rings is 1. The van der Waals surface area contributed by atoms with E-state index in [4.69, 9.17) is 0 Å². The van der Waals surface area contributed by atoms with E-state index in [2.05, 4.69) is 18.0 Å². The minimum atomic E-state index is -0.710. The number of likely N-dealkylation sites (tertiary alicyclic amines) is 1. The van der Waals surface area contributed by atoms with Crippen molar-refractivity contribution in [3.8, 4) is 6.07 Å². The van der Waals surface area contributed by atoms with Gasteiger partial charge in [0, 0.05) is 13.1 Å². The Kier molecular flexibility index (Phi) is 3.91. The average Bonchev–Trinajstić information content (AvgIpc) is 2.88. The zero-order valence-corrected chi connectivity index (χ0v) is 11.5. The van der Waals surface area contributed by atoms with Crippen molar-refractivity contribution < 1.29 is 4.79 Å². The fourth-order valence-electron chi connectivity index (χ4n) is 3.24. The van der Waals surface area contributed by atoms with E-state index in [-0.39, 0.29) is 5.91 Å². The van der Waals surface area contributed by atoms with Crippen LogP contribution in [0.1, 0.15) is 38.5 Å². The Balaban J connectivity index is 2.02. The van der Waals surface area contributed by atoms with Crippen molar-refractivity contribution in [3.63, 3.8) is 0 Å². The molecule has 0 aromatic heterocycles. The Bertz CT molecular complexity index is 347. The van der Waals surface area contributed by atoms with Crippen LogP contribution in [0.25, 0.3) is 0 Å². The van der Waals surface area contributed by atoms with E-state index in [1.54, 1.807) is 0 Å². The van der Waals surface area contributed by atoms with Crippen molar-refractivity contribution in [2.24, 2.45) is 5.41 Å². The Morgan fingerprint density at radius 3 is 2.39 bits per heavy atom. The molecule has 2 aliphatic rings. The first kappa shape index (κ1) is 13.4. The van der Waals surface area contributed by atoms with E-state index in [1.165, 1.54) is 0 Å². The highest BCUT2D eigenvalue weighted by Crippen LogP contribution is 2.39. The van der Waals surface area contributed by atoms with Crippen LogP contribution in [-0.2, 0) is 4.79 Å². The molecule has 1 aliphatic carbocycles. The van der Waals surface area contributed by atoms with Gasteiger partial charge in [0.05, 0.1) is 6.07 Å². The predicted octanol–water partition coefficient (Wildman–Crippen LogP) is 1.62. The lowest BCUT2D eigenvalue weighted by atomic mass is 9.85. The SMILES string of the molecule is CN1CCC(N(C)C(=O)C2(C#N)CCCC2)CC1. The van der Waals surface area contributed by atoms with Gasteiger partial charge in [0.2, 0.25) is 5.91 Å². The first-order valence-electron chi connectivity index (χ1n) is 6.96. The smallest absolute Gasteiger partial charge is 0.243 e. The van der Waals surface area contributed by atoms with Crippen molar-refractivity contribution in [2.75, 3.05) is 27.2 Å². The zero-order chi connectivity index (χ0) is 13.2. The van der Waals surface area contributed by atoms with E-state index < -0.39 is 5.41 Å². The molecule has 0 aromatic rings. The monoisotopic (exact) mass is 249 g/mol. The molecule has 0 bridgehead atoms. The van der Waals surface area contributed by atoms with Crippen molar-refractivity contribution in [2.45, 2.75) is 44.6 Å². The molecule has 0 spiro atoms. The summed E-state index contributed by atoms with van der Waals surface area (Å²) in [5, 5.41) is 9.37. The highest BCUT2D eigenvalue weighted by Gasteiger charge is 2.44. The molecule has 1 amide bonds. The van der Waals surface area contributed by atoms with Crippen LogP contribution in [0.15, 0.2) is 0 Å². The minimum absolute atomic E-state index is 0.0667. The summed E-state index contributed by atoms with van der Waals surface area (Å²) in [6, 6.07) is 2.62. The molecule has 0 N–H and O–H groups in total. The van der Waals surface area contributed by atoms with Crippen molar-refractivity contribution >= 4 is 5.91 Å². The lowest BCUT2D eigenvalue weighted by Gasteiger charge is -2.37. The molecule has 2 rings (SSSR count). The third-order valence-corrected chi connectivity index (χ3v) is 4.64. The quantitative estimate of drug-likeness (QED) is 0.747. The number of hydrogen-bond acceptors (Lipinski definition) is 3. The van der Waals surface area contributed by atoms with Crippen LogP contribution in [-0.4, -0.2) is 48.9 Å². The van der Waals surface area contributed by atoms with Crippen LogP contribution in [0.4, 0.5) is 0 Å². The zero-order valence-electron chi connectivity index (χ0n) is 11.5. The molecule has 4 heteroatoms. The van der Waals surface area contributed by atoms with Gasteiger partial charge in [-0.15, -0.1) is 0 Å². The van der Waals surface area contributed by atoms with Crippen LogP contribution in [0.2, 0.25) is 0 Å². The van der Waals surface area contributed by atoms with Crippen LogP contribution in [0.3, 0.4) is 0 Å². The predicted molar refractivity (Wildman–Crippen MR) is 69.8 cm³/mol. The number of rotatable bonds is 2. The summed E-state index contributed by atoms with van der Waals surface area (Å²) in [4.78, 5) is 16.7. The van der Waals surface area contributed by atoms with E-state index in [0.29, 0.717) is 6.04 Å². The molecule has 1 saturated carbocycles. The normalized spacial score (nSPS) is 24.7. The third kappa shape index (κ3) is 2.37. The molecule has 1 aliphatic heterocycles. The van der Waals surface area contributed by atoms with E-state index in [1.807, 2.05) is 11.9 Å². The summed E-state index contributed by atoms with van der Waals surface area (Å²) < 4.78 is 0. The number of carbonyl (C=O) groups is 1. The maximum atomic E-state index is 12.6. The molecule has 1 saturated heterocycles. The van der Waals surface area contributed by atoms with Crippen molar-refractivity contribution in [3.05, 3.63) is 0 Å². The largest absolute Gasteiger partial charge is 0.341 e. The lowest BCUT2D eigenvalue weighted by molar-refractivity contribution is -0.140. The number of nitriles is 1. The molecule has 18 heavy (non-hydrogen) atoms. The summed E-state index contributed by atoms with van der Waals surface area (Å²) in [5.41, 5.74) is -0.710. The molecule has 2 fully saturated rings. The molecule has 0 atom stereocenters. The average molecular weight is 249 g/mol. The summed E-state index contributed by atoms with van der Waals surface area (Å²) in [6.07, 6.45) is 5.58. The number of carbonyl (C=O) groups excluding carboxylic acids is 1. The van der Waals surface area contributed by atoms with Crippen LogP contribution in [0.5, 0.6) is 0 Å². The van der Waals surface area contributed by atoms with Gasteiger partial charge in [-0.25, -0.2) is 0 Å². The maximum absolute atomic E-state index is 12.6. The molecule has 0 aromatic carbocycles. The number of amides is 1. The standard InChI is InChI=1S/C14H23N3O/c1-16-9-5-12(6-10-16)17(2)13(18)14(11-15)7-3-4-8-14/h12H,3-10H2,1-2H3. The topological polar surface area (TPSA) is 47.3 Å². The first-order chi connectivity index (χ1) is 8.59. The molecular weight excluding hydrogens is 226 g/mol. The Labute approximate surface area is 110 Å². The van der Waals surface area contributed by atoms with E-state index in [0.717, 1.165) is 51.6 Å². The summed E-state index contributed by atoms with van der Waals surface area (Å²) >= 11 is 0. The summed E-state index contributed by atoms with van der Waals surface area (Å²) in [7, 11) is 4.00. The van der Waals surface area contributed by atoms with Gasteiger partial charge in [0.25, 0.3) is 0 Å². The Hall–Kier alpha value is -1.08. The first-order valence-corrected chi connectivity index (χ1v) is 6.96. The Morgan fingerprint density at radius 2 is 1.89 bits per heavy atom. The summed E-state index contributed by atoms with van der Waals surface area (Å²) in [5.74, 6) is 0.0667. The van der Waals surface area contributed by atoms with Crippen molar-refractivity contribution in [1.29, 1.82) is 5.26 Å². The van der Waals surface area contributed by atoms with Crippen LogP contribution < -0.4 is 0 Å². The van der Waals surface area contributed by atoms with Gasteiger partial charge in [-0.3, -0.25) is 4.79 Å². The fourth-order valence-corrected chi connectivity index (χ4v) is 3.24. The third-order valence-electron chi connectivity index (χ3n) is 4.64. The van der Waals surface area contributed by atoms with Gasteiger partial charge in [-0.1, -0.05) is 12.8 Å². The highest BCUT2D eigenvalue weighted by molar-refractivity contribution is 5.85. The number of nitrogens with zero attached hydrogens (tertiary/aromatic N) is 3. The van der Waals surface area contributed by atoms with E-state index in [9.17, 15) is 10.1 Å². The second-order valence-corrected chi connectivity index (χ2v) is 5.85. The van der Waals surface area contributed by atoms with Crippen LogP contribution in [0, 0.1) is 16.7 Å². The van der Waals surface area contributed by atoms with Gasteiger partial charge in [-0.05, 0) is 45.8 Å². The van der Waals surface area contributed by atoms with Crippen molar-refractivity contribution in [1.82, 2.24) is 9.80 Å². The molecule has 0 unspecified atom stereocenters. The minimum Gasteiger partial charge on any atom is -0.341 e. The molecule has 4 nitrogen and oxygen atoms in total. The fraction of sp³-hybridized carbons (Fsp3) is 0.857. The second kappa shape index (κ2) is 5.27. The van der Waals surface area contributed by atoms with Gasteiger partial charge in [-0.2, -0.15) is 5.26 Å². The molecule has 100 valence electrons. The van der Waals surface area contributed by atoms with Gasteiger partial charge in [0.15, 0.2) is 0 Å². The molecule has 1 heterocycles. The van der Waals surface area contributed by atoms with E-state index >= 15 is 0 Å². The lowest BCUT2D eigenvalue weighted by Crippen LogP contribution is -2.49.